The van der Waals surface area contributed by atoms with Gasteiger partial charge in [0.25, 0.3) is 5.89 Å². The Labute approximate surface area is 209 Å². The van der Waals surface area contributed by atoms with Gasteiger partial charge in [-0.1, -0.05) is 30.3 Å². The number of carbonyl (C=O) groups is 2. The Morgan fingerprint density at radius 3 is 2.47 bits per heavy atom. The van der Waals surface area contributed by atoms with Crippen LogP contribution in [0.3, 0.4) is 0 Å². The third-order valence-electron chi connectivity index (χ3n) is 5.89. The van der Waals surface area contributed by atoms with E-state index in [0.29, 0.717) is 30.1 Å². The van der Waals surface area contributed by atoms with Crippen molar-refractivity contribution in [1.82, 2.24) is 25.1 Å². The first-order valence-electron chi connectivity index (χ1n) is 10.7. The standard InChI is InChI=1S/C23H22N6O4.Li.H/c30-20(29-7-5-14(6-8-29)22(31)32)11-19-27-28-21(33-19)17-12-24-23(25-13-17)26-18-9-15-3-1-2-4-16(15)10-18;;/h1-5,12-13,18H,6-11H2,(H,31,32)(H,24,25,26);;/q;+1;-1. The number of amides is 1. The number of hydrogen-bond donors (Lipinski definition) is 2. The Morgan fingerprint density at radius 2 is 1.85 bits per heavy atom. The van der Waals surface area contributed by atoms with Crippen molar-refractivity contribution in [3.63, 3.8) is 0 Å². The second-order valence-corrected chi connectivity index (χ2v) is 8.12. The minimum absolute atomic E-state index is 0. The van der Waals surface area contributed by atoms with Gasteiger partial charge >= 0.3 is 24.8 Å². The number of aliphatic carboxylic acids is 1. The molecular formula is C23H23LiN6O4. The summed E-state index contributed by atoms with van der Waals surface area (Å²) >= 11 is 0. The SMILES string of the molecule is O=C(O)C1=CCN(C(=O)Cc2nnc(-c3cnc(NC4Cc5ccccc5C4)nc3)o2)CC1.[H-].[Li+]. The van der Waals surface area contributed by atoms with Crippen molar-refractivity contribution in [3.05, 3.63) is 65.3 Å². The molecule has 11 heteroatoms. The molecular weight excluding hydrogens is 431 g/mol. The van der Waals surface area contributed by atoms with E-state index in [9.17, 15) is 9.59 Å². The molecule has 1 amide bonds. The van der Waals surface area contributed by atoms with Crippen molar-refractivity contribution in [3.8, 4) is 11.5 Å². The van der Waals surface area contributed by atoms with Crippen molar-refractivity contribution in [2.75, 3.05) is 18.4 Å². The van der Waals surface area contributed by atoms with Crippen molar-refractivity contribution >= 4 is 17.8 Å². The fourth-order valence-electron chi connectivity index (χ4n) is 4.13. The van der Waals surface area contributed by atoms with Gasteiger partial charge in [0.05, 0.1) is 5.56 Å². The Bertz CT molecular complexity index is 1210. The average Bonchev–Trinajstić information content (AvgIpc) is 3.46. The number of hydrogen-bond acceptors (Lipinski definition) is 8. The van der Waals surface area contributed by atoms with E-state index < -0.39 is 5.97 Å². The summed E-state index contributed by atoms with van der Waals surface area (Å²) < 4.78 is 5.63. The fraction of sp³-hybridized carbons (Fsp3) is 0.304. The predicted octanol–water partition coefficient (Wildman–Crippen LogP) is -0.992. The molecule has 170 valence electrons. The number of fused-ring (bicyclic) bond motifs is 1. The summed E-state index contributed by atoms with van der Waals surface area (Å²) in [6, 6.07) is 8.66. The quantitative estimate of drug-likeness (QED) is 0.450. The smallest absolute Gasteiger partial charge is 1.00 e. The summed E-state index contributed by atoms with van der Waals surface area (Å²) in [5, 5.41) is 20.3. The minimum atomic E-state index is -0.944. The Morgan fingerprint density at radius 1 is 1.15 bits per heavy atom. The molecule has 2 N–H and O–H groups in total. The Balaban J connectivity index is 0.00000171. The summed E-state index contributed by atoms with van der Waals surface area (Å²) in [5.41, 5.74) is 3.59. The van der Waals surface area contributed by atoms with Gasteiger partial charge in [-0.2, -0.15) is 0 Å². The van der Waals surface area contributed by atoms with E-state index in [1.54, 1.807) is 23.4 Å². The van der Waals surface area contributed by atoms with Crippen molar-refractivity contribution in [1.29, 1.82) is 0 Å². The van der Waals surface area contributed by atoms with E-state index in [1.807, 2.05) is 0 Å². The number of carbonyl (C=O) groups excluding carboxylic acids is 1. The molecule has 1 aliphatic carbocycles. The molecule has 10 nitrogen and oxygen atoms in total. The minimum Gasteiger partial charge on any atom is -1.00 e. The van der Waals surface area contributed by atoms with Gasteiger partial charge < -0.3 is 21.2 Å². The summed E-state index contributed by atoms with van der Waals surface area (Å²) in [6.45, 7) is 0.613. The normalized spacial score (nSPS) is 15.3. The average molecular weight is 454 g/mol. The van der Waals surface area contributed by atoms with Crippen molar-refractivity contribution in [2.45, 2.75) is 31.7 Å². The van der Waals surface area contributed by atoms with Crippen molar-refractivity contribution in [2.24, 2.45) is 0 Å². The van der Waals surface area contributed by atoms with Gasteiger partial charge in [-0.3, -0.25) is 4.79 Å². The fourth-order valence-corrected chi connectivity index (χ4v) is 4.13. The van der Waals surface area contributed by atoms with E-state index in [0.717, 1.165) is 12.8 Å². The molecule has 0 fully saturated rings. The molecule has 5 rings (SSSR count). The number of aromatic nitrogens is 4. The molecule has 0 atom stereocenters. The molecule has 3 aromatic rings. The number of rotatable bonds is 6. The van der Waals surface area contributed by atoms with Crippen LogP contribution in [0, 0.1) is 0 Å². The summed E-state index contributed by atoms with van der Waals surface area (Å²) in [7, 11) is 0. The van der Waals surface area contributed by atoms with Gasteiger partial charge in [0.1, 0.15) is 6.42 Å². The third kappa shape index (κ3) is 5.19. The molecule has 3 heterocycles. The molecule has 0 bridgehead atoms. The summed E-state index contributed by atoms with van der Waals surface area (Å²) in [4.78, 5) is 33.8. The monoisotopic (exact) mass is 454 g/mol. The van der Waals surface area contributed by atoms with Crippen molar-refractivity contribution < 1.29 is 39.4 Å². The van der Waals surface area contributed by atoms with Crippen LogP contribution in [-0.4, -0.2) is 61.2 Å². The largest absolute Gasteiger partial charge is 1.00 e. The Hall–Kier alpha value is -3.48. The summed E-state index contributed by atoms with van der Waals surface area (Å²) in [6.07, 6.45) is 6.92. The first-order chi connectivity index (χ1) is 16.0. The maximum atomic E-state index is 12.5. The van der Waals surface area contributed by atoms with Gasteiger partial charge in [-0.15, -0.1) is 10.2 Å². The number of carboxylic acid groups (broad SMARTS) is 1. The van der Waals surface area contributed by atoms with Crippen LogP contribution in [0.25, 0.3) is 11.5 Å². The number of benzene rings is 1. The maximum absolute atomic E-state index is 12.5. The molecule has 34 heavy (non-hydrogen) atoms. The maximum Gasteiger partial charge on any atom is 1.00 e. The van der Waals surface area contributed by atoms with E-state index in [2.05, 4.69) is 49.7 Å². The van der Waals surface area contributed by atoms with Gasteiger partial charge in [0.2, 0.25) is 17.7 Å². The molecule has 0 spiro atoms. The van der Waals surface area contributed by atoms with E-state index in [-0.39, 0.29) is 57.0 Å². The van der Waals surface area contributed by atoms with Crippen LogP contribution in [0.4, 0.5) is 5.95 Å². The van der Waals surface area contributed by atoms with E-state index >= 15 is 0 Å². The van der Waals surface area contributed by atoms with Gasteiger partial charge in [0.15, 0.2) is 0 Å². The van der Waals surface area contributed by atoms with Gasteiger partial charge in [-0.25, -0.2) is 14.8 Å². The molecule has 2 aromatic heterocycles. The topological polar surface area (TPSA) is 134 Å². The first kappa shape index (κ1) is 23.7. The van der Waals surface area contributed by atoms with Crippen LogP contribution >= 0.6 is 0 Å². The number of nitrogens with one attached hydrogen (secondary N) is 1. The third-order valence-corrected chi connectivity index (χ3v) is 5.89. The molecule has 0 saturated heterocycles. The van der Waals surface area contributed by atoms with Crippen LogP contribution in [0.2, 0.25) is 0 Å². The first-order valence-corrected chi connectivity index (χ1v) is 10.7. The van der Waals surface area contributed by atoms with E-state index in [4.69, 9.17) is 9.52 Å². The van der Waals surface area contributed by atoms with Crippen LogP contribution < -0.4 is 24.2 Å². The molecule has 1 aromatic carbocycles. The zero-order valence-electron chi connectivity index (χ0n) is 19.8. The van der Waals surface area contributed by atoms with Crippen LogP contribution in [0.1, 0.15) is 24.9 Å². The zero-order chi connectivity index (χ0) is 22.8. The molecule has 0 saturated carbocycles. The van der Waals surface area contributed by atoms with Gasteiger partial charge in [-0.05, 0) is 30.4 Å². The molecule has 0 unspecified atom stereocenters. The second kappa shape index (κ2) is 10.2. The summed E-state index contributed by atoms with van der Waals surface area (Å²) in [5.74, 6) is -0.178. The number of carboxylic acids is 1. The van der Waals surface area contributed by atoms with Crippen LogP contribution in [0.5, 0.6) is 0 Å². The zero-order valence-corrected chi connectivity index (χ0v) is 18.8. The van der Waals surface area contributed by atoms with Crippen LogP contribution in [0.15, 0.2) is 52.7 Å². The number of anilines is 1. The Kier molecular flexibility index (Phi) is 7.10. The van der Waals surface area contributed by atoms with Gasteiger partial charge in [0, 0.05) is 37.1 Å². The predicted molar refractivity (Wildman–Crippen MR) is 118 cm³/mol. The second-order valence-electron chi connectivity index (χ2n) is 8.12. The number of nitrogens with zero attached hydrogens (tertiary/aromatic N) is 5. The molecule has 2 aliphatic rings. The van der Waals surface area contributed by atoms with Crippen LogP contribution in [-0.2, 0) is 28.9 Å². The molecule has 1 aliphatic heterocycles. The molecule has 0 radical (unpaired) electrons. The van der Waals surface area contributed by atoms with E-state index in [1.165, 1.54) is 11.1 Å².